The summed E-state index contributed by atoms with van der Waals surface area (Å²) < 4.78 is 0. The largest absolute Gasteiger partial charge is 0.392 e. The van der Waals surface area contributed by atoms with Crippen molar-refractivity contribution in [3.8, 4) is 0 Å². The van der Waals surface area contributed by atoms with Gasteiger partial charge in [-0.2, -0.15) is 0 Å². The van der Waals surface area contributed by atoms with E-state index in [9.17, 15) is 4.79 Å². The highest BCUT2D eigenvalue weighted by Crippen LogP contribution is 2.19. The van der Waals surface area contributed by atoms with Crippen LogP contribution in [0.3, 0.4) is 0 Å². The molecule has 4 nitrogen and oxygen atoms in total. The van der Waals surface area contributed by atoms with Crippen LogP contribution in [-0.4, -0.2) is 52.9 Å². The molecule has 110 valence electrons. The Kier molecular flexibility index (Phi) is 5.74. The molecule has 1 amide bonds. The molecule has 1 unspecified atom stereocenters. The number of hydrogen-bond donors (Lipinski definition) is 1. The number of nitrogens with two attached hydrogens (primary N) is 1. The lowest BCUT2D eigenvalue weighted by Crippen LogP contribution is -2.56. The predicted octanol–water partition coefficient (Wildman–Crippen LogP) is 1.63. The topological polar surface area (TPSA) is 49.6 Å². The number of carbonyl (C=O) groups excluding carboxylic acids is 1. The van der Waals surface area contributed by atoms with Crippen LogP contribution < -0.4 is 5.73 Å². The highest BCUT2D eigenvalue weighted by Gasteiger charge is 2.31. The third-order valence-corrected chi connectivity index (χ3v) is 3.85. The highest BCUT2D eigenvalue weighted by molar-refractivity contribution is 7.80. The van der Waals surface area contributed by atoms with Crippen molar-refractivity contribution in [2.24, 2.45) is 11.1 Å². The van der Waals surface area contributed by atoms with Crippen LogP contribution in [-0.2, 0) is 4.79 Å². The van der Waals surface area contributed by atoms with Gasteiger partial charge in [-0.1, -0.05) is 46.3 Å². The molecule has 0 bridgehead atoms. The molecule has 1 atom stereocenters. The number of hydrogen-bond acceptors (Lipinski definition) is 3. The van der Waals surface area contributed by atoms with Crippen molar-refractivity contribution in [2.75, 3.05) is 26.2 Å². The van der Waals surface area contributed by atoms with Crippen LogP contribution in [0.5, 0.6) is 0 Å². The smallest absolute Gasteiger partial charge is 0.228 e. The van der Waals surface area contributed by atoms with Crippen molar-refractivity contribution in [3.05, 3.63) is 0 Å². The Bertz CT molecular complexity index is 330. The summed E-state index contributed by atoms with van der Waals surface area (Å²) in [6.45, 7) is 11.3. The fraction of sp³-hybridized carbons (Fsp3) is 0.857. The summed E-state index contributed by atoms with van der Waals surface area (Å²) in [5, 5.41) is 0. The van der Waals surface area contributed by atoms with Crippen molar-refractivity contribution < 1.29 is 4.79 Å². The van der Waals surface area contributed by atoms with Gasteiger partial charge in [-0.15, -0.1) is 0 Å². The molecule has 1 heterocycles. The maximum atomic E-state index is 12.2. The van der Waals surface area contributed by atoms with E-state index < -0.39 is 0 Å². The van der Waals surface area contributed by atoms with Gasteiger partial charge in [0.1, 0.15) is 0 Å². The minimum absolute atomic E-state index is 0.187. The zero-order valence-electron chi connectivity index (χ0n) is 12.6. The minimum atomic E-state index is -0.297. The molecular formula is C14H27N3OS. The van der Waals surface area contributed by atoms with Gasteiger partial charge in [0.2, 0.25) is 5.91 Å². The zero-order valence-corrected chi connectivity index (χ0v) is 13.4. The fourth-order valence-electron chi connectivity index (χ4n) is 2.49. The average molecular weight is 285 g/mol. The Hall–Kier alpha value is -0.680. The molecule has 0 aliphatic carbocycles. The van der Waals surface area contributed by atoms with Gasteiger partial charge in [0, 0.05) is 31.6 Å². The molecule has 0 saturated carbocycles. The third kappa shape index (κ3) is 4.42. The Labute approximate surface area is 122 Å². The van der Waals surface area contributed by atoms with Gasteiger partial charge < -0.3 is 10.6 Å². The molecule has 0 aromatic rings. The molecule has 0 aromatic heterocycles. The molecule has 1 saturated heterocycles. The van der Waals surface area contributed by atoms with Crippen LogP contribution in [0.1, 0.15) is 40.5 Å². The van der Waals surface area contributed by atoms with Crippen LogP contribution in [0.4, 0.5) is 0 Å². The molecule has 1 aliphatic rings. The SMILES string of the molecule is CCCC(C(N)=S)N1CCN(C(=O)C(C)(C)C)CC1. The lowest BCUT2D eigenvalue weighted by atomic mass is 9.94. The highest BCUT2D eigenvalue weighted by atomic mass is 32.1. The molecule has 1 fully saturated rings. The number of nitrogens with zero attached hydrogens (tertiary/aromatic N) is 2. The fourth-order valence-corrected chi connectivity index (χ4v) is 2.76. The number of piperazine rings is 1. The normalized spacial score (nSPS) is 19.3. The van der Waals surface area contributed by atoms with E-state index in [-0.39, 0.29) is 17.4 Å². The van der Waals surface area contributed by atoms with Crippen LogP contribution in [0, 0.1) is 5.41 Å². The summed E-state index contributed by atoms with van der Waals surface area (Å²) >= 11 is 5.16. The van der Waals surface area contributed by atoms with Crippen LogP contribution in [0.2, 0.25) is 0 Å². The monoisotopic (exact) mass is 285 g/mol. The predicted molar refractivity (Wildman–Crippen MR) is 83.1 cm³/mol. The first-order valence-corrected chi connectivity index (χ1v) is 7.51. The van der Waals surface area contributed by atoms with E-state index in [2.05, 4.69) is 11.8 Å². The van der Waals surface area contributed by atoms with Gasteiger partial charge in [-0.25, -0.2) is 0 Å². The Morgan fingerprint density at radius 2 is 1.79 bits per heavy atom. The third-order valence-electron chi connectivity index (χ3n) is 3.57. The number of thiocarbonyl (C=S) groups is 1. The summed E-state index contributed by atoms with van der Waals surface area (Å²) in [5.41, 5.74) is 5.53. The standard InChI is InChI=1S/C14H27N3OS/c1-5-6-11(12(15)19)16-7-9-17(10-8-16)13(18)14(2,3)4/h11H,5-10H2,1-4H3,(H2,15,19). The van der Waals surface area contributed by atoms with Crippen molar-refractivity contribution >= 4 is 23.1 Å². The molecule has 0 spiro atoms. The molecule has 5 heteroatoms. The summed E-state index contributed by atoms with van der Waals surface area (Å²) in [6.07, 6.45) is 2.08. The Balaban J connectivity index is 2.57. The summed E-state index contributed by atoms with van der Waals surface area (Å²) in [7, 11) is 0. The van der Waals surface area contributed by atoms with Gasteiger partial charge in [-0.3, -0.25) is 9.69 Å². The van der Waals surface area contributed by atoms with Crippen molar-refractivity contribution in [2.45, 2.75) is 46.6 Å². The lowest BCUT2D eigenvalue weighted by Gasteiger charge is -2.40. The van der Waals surface area contributed by atoms with Crippen LogP contribution in [0.25, 0.3) is 0 Å². The first kappa shape index (κ1) is 16.4. The van der Waals surface area contributed by atoms with E-state index in [4.69, 9.17) is 18.0 Å². The van der Waals surface area contributed by atoms with E-state index in [0.717, 1.165) is 39.0 Å². The maximum Gasteiger partial charge on any atom is 0.228 e. The maximum absolute atomic E-state index is 12.2. The van der Waals surface area contributed by atoms with Crippen molar-refractivity contribution in [3.63, 3.8) is 0 Å². The molecule has 0 aromatic carbocycles. The van der Waals surface area contributed by atoms with Crippen molar-refractivity contribution in [1.29, 1.82) is 0 Å². The molecule has 1 rings (SSSR count). The summed E-state index contributed by atoms with van der Waals surface area (Å²) in [4.78, 5) is 17.1. The molecular weight excluding hydrogens is 258 g/mol. The molecule has 19 heavy (non-hydrogen) atoms. The second-order valence-electron chi connectivity index (χ2n) is 6.29. The van der Waals surface area contributed by atoms with E-state index >= 15 is 0 Å². The second-order valence-corrected chi connectivity index (χ2v) is 6.76. The van der Waals surface area contributed by atoms with Crippen LogP contribution in [0.15, 0.2) is 0 Å². The first-order chi connectivity index (χ1) is 8.77. The second kappa shape index (κ2) is 6.66. The number of rotatable bonds is 4. The zero-order chi connectivity index (χ0) is 14.6. The van der Waals surface area contributed by atoms with E-state index in [1.54, 1.807) is 0 Å². The van der Waals surface area contributed by atoms with E-state index in [1.165, 1.54) is 0 Å². The van der Waals surface area contributed by atoms with Gasteiger partial charge in [0.15, 0.2) is 0 Å². The van der Waals surface area contributed by atoms with Crippen LogP contribution >= 0.6 is 12.2 Å². The summed E-state index contributed by atoms with van der Waals surface area (Å²) in [5.74, 6) is 0.231. The summed E-state index contributed by atoms with van der Waals surface area (Å²) in [6, 6.07) is 0.187. The van der Waals surface area contributed by atoms with Crippen molar-refractivity contribution in [1.82, 2.24) is 9.80 Å². The quantitative estimate of drug-likeness (QED) is 0.798. The molecule has 1 aliphatic heterocycles. The first-order valence-electron chi connectivity index (χ1n) is 7.10. The average Bonchev–Trinajstić information content (AvgIpc) is 2.34. The molecule has 0 radical (unpaired) electrons. The van der Waals surface area contributed by atoms with Gasteiger partial charge in [0.25, 0.3) is 0 Å². The molecule has 2 N–H and O–H groups in total. The minimum Gasteiger partial charge on any atom is -0.392 e. The van der Waals surface area contributed by atoms with Gasteiger partial charge in [-0.05, 0) is 6.42 Å². The van der Waals surface area contributed by atoms with Gasteiger partial charge in [0.05, 0.1) is 11.0 Å². The van der Waals surface area contributed by atoms with E-state index in [1.807, 2.05) is 25.7 Å². The van der Waals surface area contributed by atoms with Gasteiger partial charge >= 0.3 is 0 Å². The Morgan fingerprint density at radius 1 is 1.26 bits per heavy atom. The number of amides is 1. The Morgan fingerprint density at radius 3 is 2.16 bits per heavy atom. The number of carbonyl (C=O) groups is 1. The lowest BCUT2D eigenvalue weighted by molar-refractivity contribution is -0.141. The van der Waals surface area contributed by atoms with E-state index in [0.29, 0.717) is 4.99 Å².